The maximum atomic E-state index is 12.2. The summed E-state index contributed by atoms with van der Waals surface area (Å²) in [6, 6.07) is 6.21. The lowest BCUT2D eigenvalue weighted by Gasteiger charge is -2.19. The number of nitrogens with one attached hydrogen (secondary N) is 1. The SMILES string of the molecule is COC(=O)C(NC(=O)c1cccc(CS(C)=O)c1)C(C)C. The molecule has 0 aliphatic carbocycles. The molecule has 0 fully saturated rings. The molecule has 116 valence electrons. The molecule has 0 aromatic heterocycles. The Bertz CT molecular complexity index is 542. The molecule has 0 radical (unpaired) electrons. The van der Waals surface area contributed by atoms with Crippen LogP contribution >= 0.6 is 0 Å². The highest BCUT2D eigenvalue weighted by Gasteiger charge is 2.25. The molecule has 2 unspecified atom stereocenters. The number of hydrogen-bond acceptors (Lipinski definition) is 4. The molecule has 1 aromatic rings. The molecule has 0 bridgehead atoms. The van der Waals surface area contributed by atoms with Crippen LogP contribution in [0.15, 0.2) is 24.3 Å². The summed E-state index contributed by atoms with van der Waals surface area (Å²) in [5.74, 6) is -0.495. The van der Waals surface area contributed by atoms with Crippen LogP contribution in [-0.2, 0) is 26.1 Å². The average Bonchev–Trinajstić information content (AvgIpc) is 2.42. The van der Waals surface area contributed by atoms with Crippen molar-refractivity contribution in [2.45, 2.75) is 25.6 Å². The Labute approximate surface area is 127 Å². The summed E-state index contributed by atoms with van der Waals surface area (Å²) in [6.07, 6.45) is 1.61. The molecule has 0 aliphatic heterocycles. The first-order valence-electron chi connectivity index (χ1n) is 6.62. The molecule has 0 aliphatic rings. The molecule has 1 amide bonds. The fourth-order valence-corrected chi connectivity index (χ4v) is 2.54. The molecule has 6 heteroatoms. The maximum absolute atomic E-state index is 12.2. The van der Waals surface area contributed by atoms with Crippen LogP contribution in [0.1, 0.15) is 29.8 Å². The average molecular weight is 311 g/mol. The predicted molar refractivity (Wildman–Crippen MR) is 82.3 cm³/mol. The van der Waals surface area contributed by atoms with Gasteiger partial charge >= 0.3 is 5.97 Å². The number of carbonyl (C=O) groups excluding carboxylic acids is 2. The van der Waals surface area contributed by atoms with Crippen molar-refractivity contribution >= 4 is 22.7 Å². The standard InChI is InChI=1S/C15H21NO4S/c1-10(2)13(15(18)20-3)16-14(17)12-7-5-6-11(8-12)9-21(4)19/h5-8,10,13H,9H2,1-4H3,(H,16,17). The van der Waals surface area contributed by atoms with Crippen molar-refractivity contribution in [1.29, 1.82) is 0 Å². The van der Waals surface area contributed by atoms with E-state index in [-0.39, 0.29) is 11.8 Å². The smallest absolute Gasteiger partial charge is 0.328 e. The van der Waals surface area contributed by atoms with Gasteiger partial charge in [-0.1, -0.05) is 26.0 Å². The lowest BCUT2D eigenvalue weighted by molar-refractivity contribution is -0.144. The van der Waals surface area contributed by atoms with Crippen molar-refractivity contribution < 1.29 is 18.5 Å². The molecule has 0 saturated heterocycles. The quantitative estimate of drug-likeness (QED) is 0.808. The van der Waals surface area contributed by atoms with Gasteiger partial charge in [-0.25, -0.2) is 4.79 Å². The van der Waals surface area contributed by atoms with Crippen molar-refractivity contribution in [2.75, 3.05) is 13.4 Å². The Hall–Kier alpha value is -1.69. The third kappa shape index (κ3) is 5.30. The Morgan fingerprint density at radius 2 is 2.00 bits per heavy atom. The van der Waals surface area contributed by atoms with Gasteiger partial charge < -0.3 is 10.1 Å². The first kappa shape index (κ1) is 17.4. The number of hydrogen-bond donors (Lipinski definition) is 1. The van der Waals surface area contributed by atoms with E-state index in [1.54, 1.807) is 24.5 Å². The normalized spacial score (nSPS) is 13.6. The molecule has 0 saturated carbocycles. The molecule has 5 nitrogen and oxygen atoms in total. The van der Waals surface area contributed by atoms with Gasteiger partial charge in [0, 0.05) is 28.4 Å². The molecule has 0 heterocycles. The monoisotopic (exact) mass is 311 g/mol. The van der Waals surface area contributed by atoms with E-state index in [9.17, 15) is 13.8 Å². The van der Waals surface area contributed by atoms with E-state index in [1.807, 2.05) is 19.9 Å². The maximum Gasteiger partial charge on any atom is 0.328 e. The highest BCUT2D eigenvalue weighted by atomic mass is 32.2. The second-order valence-corrected chi connectivity index (χ2v) is 6.57. The van der Waals surface area contributed by atoms with Gasteiger partial charge in [-0.15, -0.1) is 0 Å². The van der Waals surface area contributed by atoms with Gasteiger partial charge in [0.1, 0.15) is 6.04 Å². The second kappa shape index (κ2) is 7.93. The molecule has 21 heavy (non-hydrogen) atoms. The van der Waals surface area contributed by atoms with Gasteiger partial charge in [-0.2, -0.15) is 0 Å². The van der Waals surface area contributed by atoms with Gasteiger partial charge in [0.25, 0.3) is 5.91 Å². The van der Waals surface area contributed by atoms with Crippen molar-refractivity contribution in [3.63, 3.8) is 0 Å². The summed E-state index contributed by atoms with van der Waals surface area (Å²) in [7, 11) is 0.322. The third-order valence-electron chi connectivity index (χ3n) is 2.97. The van der Waals surface area contributed by atoms with Gasteiger partial charge in [0.15, 0.2) is 0 Å². The lowest BCUT2D eigenvalue weighted by atomic mass is 10.0. The van der Waals surface area contributed by atoms with Crippen molar-refractivity contribution in [2.24, 2.45) is 5.92 Å². The van der Waals surface area contributed by atoms with Crippen molar-refractivity contribution in [1.82, 2.24) is 5.32 Å². The van der Waals surface area contributed by atoms with E-state index in [4.69, 9.17) is 4.74 Å². The zero-order valence-electron chi connectivity index (χ0n) is 12.7. The van der Waals surface area contributed by atoms with Crippen LogP contribution in [0.5, 0.6) is 0 Å². The van der Waals surface area contributed by atoms with E-state index in [2.05, 4.69) is 5.32 Å². The molecular weight excluding hydrogens is 290 g/mol. The number of amides is 1. The molecule has 1 N–H and O–H groups in total. The van der Waals surface area contributed by atoms with E-state index >= 15 is 0 Å². The second-order valence-electron chi connectivity index (χ2n) is 5.14. The molecular formula is C15H21NO4S. The Balaban J connectivity index is 2.87. The zero-order valence-corrected chi connectivity index (χ0v) is 13.5. The number of methoxy groups -OCH3 is 1. The van der Waals surface area contributed by atoms with E-state index in [1.165, 1.54) is 7.11 Å². The molecule has 2 atom stereocenters. The Kier molecular flexibility index (Phi) is 6.55. The first-order chi connectivity index (χ1) is 9.85. The van der Waals surface area contributed by atoms with E-state index in [0.29, 0.717) is 11.3 Å². The van der Waals surface area contributed by atoms with Crippen LogP contribution < -0.4 is 5.32 Å². The van der Waals surface area contributed by atoms with Crippen LogP contribution in [-0.4, -0.2) is 35.5 Å². The van der Waals surface area contributed by atoms with Crippen LogP contribution in [0.4, 0.5) is 0 Å². The van der Waals surface area contributed by atoms with Gasteiger partial charge in [-0.05, 0) is 23.6 Å². The lowest BCUT2D eigenvalue weighted by Crippen LogP contribution is -2.45. The summed E-state index contributed by atoms with van der Waals surface area (Å²) in [6.45, 7) is 3.66. The summed E-state index contributed by atoms with van der Waals surface area (Å²) >= 11 is 0. The minimum atomic E-state index is -0.971. The van der Waals surface area contributed by atoms with Crippen molar-refractivity contribution in [3.05, 3.63) is 35.4 Å². The van der Waals surface area contributed by atoms with Gasteiger partial charge in [0.05, 0.1) is 7.11 Å². The summed E-state index contributed by atoms with van der Waals surface area (Å²) < 4.78 is 15.9. The molecule has 1 aromatic carbocycles. The van der Waals surface area contributed by atoms with Crippen LogP contribution in [0.25, 0.3) is 0 Å². The number of benzene rings is 1. The summed E-state index contributed by atoms with van der Waals surface area (Å²) in [5.41, 5.74) is 1.26. The summed E-state index contributed by atoms with van der Waals surface area (Å²) in [5, 5.41) is 2.67. The minimum Gasteiger partial charge on any atom is -0.467 e. The molecule has 0 spiro atoms. The number of rotatable bonds is 6. The topological polar surface area (TPSA) is 72.5 Å². The highest BCUT2D eigenvalue weighted by molar-refractivity contribution is 7.83. The van der Waals surface area contributed by atoms with Crippen molar-refractivity contribution in [3.8, 4) is 0 Å². The zero-order chi connectivity index (χ0) is 16.0. The predicted octanol–water partition coefficient (Wildman–Crippen LogP) is 1.49. The largest absolute Gasteiger partial charge is 0.467 e. The summed E-state index contributed by atoms with van der Waals surface area (Å²) in [4.78, 5) is 23.9. The highest BCUT2D eigenvalue weighted by Crippen LogP contribution is 2.10. The van der Waals surface area contributed by atoms with E-state index < -0.39 is 22.8 Å². The molecule has 1 rings (SSSR count). The fourth-order valence-electron chi connectivity index (χ4n) is 1.89. The first-order valence-corrected chi connectivity index (χ1v) is 8.35. The Morgan fingerprint density at radius 3 is 2.52 bits per heavy atom. The van der Waals surface area contributed by atoms with Crippen LogP contribution in [0, 0.1) is 5.92 Å². The van der Waals surface area contributed by atoms with Gasteiger partial charge in [-0.3, -0.25) is 9.00 Å². The fraction of sp³-hybridized carbons (Fsp3) is 0.467. The van der Waals surface area contributed by atoms with E-state index in [0.717, 1.165) is 5.56 Å². The number of ether oxygens (including phenoxy) is 1. The Morgan fingerprint density at radius 1 is 1.33 bits per heavy atom. The third-order valence-corrected chi connectivity index (χ3v) is 3.71. The number of carbonyl (C=O) groups is 2. The van der Waals surface area contributed by atoms with Gasteiger partial charge in [0.2, 0.25) is 0 Å². The minimum absolute atomic E-state index is 0.0762. The van der Waals surface area contributed by atoms with Crippen LogP contribution in [0.2, 0.25) is 0 Å². The van der Waals surface area contributed by atoms with Crippen LogP contribution in [0.3, 0.4) is 0 Å². The number of esters is 1.